The molecule has 6 heteroatoms. The zero-order valence-corrected chi connectivity index (χ0v) is 20.0. The number of rotatable bonds is 8. The summed E-state index contributed by atoms with van der Waals surface area (Å²) in [5.41, 5.74) is 2.71. The lowest BCUT2D eigenvalue weighted by molar-refractivity contribution is -0.128. The van der Waals surface area contributed by atoms with Crippen molar-refractivity contribution < 1.29 is 14.3 Å². The summed E-state index contributed by atoms with van der Waals surface area (Å²) in [6.45, 7) is 1.37. The largest absolute Gasteiger partial charge is 0.492 e. The zero-order chi connectivity index (χ0) is 24.0. The molecular weight excluding hydrogens is 456 g/mol. The normalized spacial score (nSPS) is 15.4. The fraction of sp³-hybridized carbons (Fsp3) is 0.172. The van der Waals surface area contributed by atoms with Crippen LogP contribution in [0.25, 0.3) is 10.8 Å². The lowest BCUT2D eigenvalue weighted by Crippen LogP contribution is -2.28. The summed E-state index contributed by atoms with van der Waals surface area (Å²) < 4.78 is 5.80. The number of thioether (sulfide) groups is 1. The van der Waals surface area contributed by atoms with E-state index in [1.165, 1.54) is 5.39 Å². The van der Waals surface area contributed by atoms with Crippen molar-refractivity contribution in [2.45, 2.75) is 11.9 Å². The Bertz CT molecular complexity index is 1320. The number of hydrogen-bond acceptors (Lipinski definition) is 4. The number of ether oxygens (including phenoxy) is 1. The second kappa shape index (κ2) is 10.7. The maximum Gasteiger partial charge on any atom is 0.251 e. The third-order valence-electron chi connectivity index (χ3n) is 6.00. The van der Waals surface area contributed by atoms with E-state index in [2.05, 4.69) is 17.4 Å². The van der Waals surface area contributed by atoms with Crippen LogP contribution in [-0.2, 0) is 11.3 Å². The van der Waals surface area contributed by atoms with Gasteiger partial charge in [-0.3, -0.25) is 9.59 Å². The van der Waals surface area contributed by atoms with Crippen LogP contribution in [0, 0.1) is 0 Å². The quantitative estimate of drug-likeness (QED) is 0.341. The van der Waals surface area contributed by atoms with Crippen molar-refractivity contribution in [1.82, 2.24) is 10.2 Å². The number of amides is 2. The van der Waals surface area contributed by atoms with Crippen molar-refractivity contribution in [2.75, 3.05) is 18.9 Å². The number of hydrogen-bond donors (Lipinski definition) is 1. The van der Waals surface area contributed by atoms with Crippen LogP contribution < -0.4 is 10.1 Å². The van der Waals surface area contributed by atoms with Gasteiger partial charge in [-0.2, -0.15) is 0 Å². The maximum absolute atomic E-state index is 12.6. The van der Waals surface area contributed by atoms with Gasteiger partial charge in [-0.15, -0.1) is 11.8 Å². The third kappa shape index (κ3) is 5.49. The van der Waals surface area contributed by atoms with Crippen LogP contribution >= 0.6 is 11.8 Å². The highest BCUT2D eigenvalue weighted by molar-refractivity contribution is 8.00. The standard InChI is InChI=1S/C29H26N2O3S/c32-27-20-35-29(31(27)19-21-6-2-1-3-7-21)24-12-10-23(11-13-24)28(33)30-16-17-34-26-15-14-22-8-4-5-9-25(22)18-26/h1-15,18,29H,16-17,19-20H2,(H,30,33)/t29-/m0/s1. The molecule has 5 rings (SSSR count). The Kier molecular flexibility index (Phi) is 7.00. The van der Waals surface area contributed by atoms with E-state index in [1.54, 1.807) is 11.8 Å². The van der Waals surface area contributed by atoms with Gasteiger partial charge in [0.2, 0.25) is 5.91 Å². The Labute approximate surface area is 209 Å². The van der Waals surface area contributed by atoms with Crippen LogP contribution in [0.5, 0.6) is 5.75 Å². The lowest BCUT2D eigenvalue weighted by Gasteiger charge is -2.24. The molecule has 0 aromatic heterocycles. The monoisotopic (exact) mass is 482 g/mol. The smallest absolute Gasteiger partial charge is 0.251 e. The highest BCUT2D eigenvalue weighted by Crippen LogP contribution is 2.39. The Hall–Kier alpha value is -3.77. The predicted molar refractivity (Wildman–Crippen MR) is 140 cm³/mol. The minimum absolute atomic E-state index is 0.0461. The maximum atomic E-state index is 12.6. The Morgan fingerprint density at radius 2 is 1.66 bits per heavy atom. The summed E-state index contributed by atoms with van der Waals surface area (Å²) in [6, 6.07) is 31.6. The first-order valence-electron chi connectivity index (χ1n) is 11.6. The van der Waals surface area contributed by atoms with Gasteiger partial charge in [0, 0.05) is 12.1 Å². The summed E-state index contributed by atoms with van der Waals surface area (Å²) in [5, 5.41) is 5.15. The second-order valence-electron chi connectivity index (χ2n) is 8.41. The van der Waals surface area contributed by atoms with Crippen LogP contribution in [0.15, 0.2) is 97.1 Å². The topological polar surface area (TPSA) is 58.6 Å². The molecule has 4 aromatic rings. The number of carbonyl (C=O) groups excluding carboxylic acids is 2. The van der Waals surface area contributed by atoms with Gasteiger partial charge in [0.15, 0.2) is 0 Å². The van der Waals surface area contributed by atoms with E-state index in [9.17, 15) is 9.59 Å². The SMILES string of the molecule is O=C(NCCOc1ccc2ccccc2c1)c1ccc([C@@H]2SCC(=O)N2Cc2ccccc2)cc1. The number of nitrogens with one attached hydrogen (secondary N) is 1. The summed E-state index contributed by atoms with van der Waals surface area (Å²) >= 11 is 1.62. The van der Waals surface area contributed by atoms with Gasteiger partial charge in [-0.1, -0.05) is 72.8 Å². The van der Waals surface area contributed by atoms with Crippen LogP contribution in [0.3, 0.4) is 0 Å². The molecule has 0 aliphatic carbocycles. The summed E-state index contributed by atoms with van der Waals surface area (Å²) in [7, 11) is 0. The molecule has 1 heterocycles. The van der Waals surface area contributed by atoms with Crippen molar-refractivity contribution in [3.05, 3.63) is 114 Å². The molecule has 2 amide bonds. The van der Waals surface area contributed by atoms with Crippen molar-refractivity contribution in [2.24, 2.45) is 0 Å². The van der Waals surface area contributed by atoms with Crippen molar-refractivity contribution in [3.63, 3.8) is 0 Å². The molecule has 1 aliphatic heterocycles. The van der Waals surface area contributed by atoms with Crippen molar-refractivity contribution in [1.29, 1.82) is 0 Å². The molecule has 1 aliphatic rings. The van der Waals surface area contributed by atoms with E-state index in [4.69, 9.17) is 4.74 Å². The van der Waals surface area contributed by atoms with Gasteiger partial charge in [-0.25, -0.2) is 0 Å². The van der Waals surface area contributed by atoms with E-state index in [1.807, 2.05) is 89.8 Å². The van der Waals surface area contributed by atoms with E-state index < -0.39 is 0 Å². The minimum Gasteiger partial charge on any atom is -0.492 e. The Morgan fingerprint density at radius 3 is 2.46 bits per heavy atom. The summed E-state index contributed by atoms with van der Waals surface area (Å²) in [5.74, 6) is 1.25. The minimum atomic E-state index is -0.144. The molecule has 0 saturated carbocycles. The summed E-state index contributed by atoms with van der Waals surface area (Å²) in [4.78, 5) is 27.0. The molecule has 176 valence electrons. The molecule has 1 saturated heterocycles. The van der Waals surface area contributed by atoms with E-state index in [0.717, 1.165) is 22.3 Å². The average Bonchev–Trinajstić information content (AvgIpc) is 3.26. The molecule has 1 atom stereocenters. The molecule has 35 heavy (non-hydrogen) atoms. The lowest BCUT2D eigenvalue weighted by atomic mass is 10.1. The Morgan fingerprint density at radius 1 is 0.914 bits per heavy atom. The van der Waals surface area contributed by atoms with Gasteiger partial charge in [0.25, 0.3) is 5.91 Å². The first kappa shape index (κ1) is 23.0. The van der Waals surface area contributed by atoms with Gasteiger partial charge >= 0.3 is 0 Å². The Balaban J connectivity index is 1.14. The van der Waals surface area contributed by atoms with Crippen LogP contribution in [0.2, 0.25) is 0 Å². The number of benzene rings is 4. The van der Waals surface area contributed by atoms with Crippen molar-refractivity contribution >= 4 is 34.3 Å². The first-order chi connectivity index (χ1) is 17.2. The number of fused-ring (bicyclic) bond motifs is 1. The molecule has 1 fully saturated rings. The molecular formula is C29H26N2O3S. The van der Waals surface area contributed by atoms with E-state index >= 15 is 0 Å². The molecule has 0 unspecified atom stereocenters. The van der Waals surface area contributed by atoms with Gasteiger partial charge in [0.1, 0.15) is 17.7 Å². The third-order valence-corrected chi connectivity index (χ3v) is 7.26. The molecule has 0 radical (unpaired) electrons. The fourth-order valence-corrected chi connectivity index (χ4v) is 5.36. The molecule has 0 bridgehead atoms. The molecule has 0 spiro atoms. The van der Waals surface area contributed by atoms with Crippen molar-refractivity contribution in [3.8, 4) is 5.75 Å². The predicted octanol–water partition coefficient (Wildman–Crippen LogP) is 5.42. The van der Waals surface area contributed by atoms with Gasteiger partial charge in [0.05, 0.1) is 12.3 Å². The first-order valence-corrected chi connectivity index (χ1v) is 12.7. The van der Waals surface area contributed by atoms with Crippen LogP contribution in [0.1, 0.15) is 26.9 Å². The van der Waals surface area contributed by atoms with Gasteiger partial charge < -0.3 is 15.0 Å². The summed E-state index contributed by atoms with van der Waals surface area (Å²) in [6.07, 6.45) is 0. The second-order valence-corrected chi connectivity index (χ2v) is 9.47. The molecule has 4 aromatic carbocycles. The number of carbonyl (C=O) groups is 2. The van der Waals surface area contributed by atoms with E-state index in [-0.39, 0.29) is 17.2 Å². The molecule has 5 nitrogen and oxygen atoms in total. The van der Waals surface area contributed by atoms with E-state index in [0.29, 0.717) is 31.0 Å². The van der Waals surface area contributed by atoms with Crippen LogP contribution in [0.4, 0.5) is 0 Å². The highest BCUT2D eigenvalue weighted by atomic mass is 32.2. The number of nitrogens with zero attached hydrogens (tertiary/aromatic N) is 1. The average molecular weight is 483 g/mol. The molecule has 1 N–H and O–H groups in total. The van der Waals surface area contributed by atoms with Gasteiger partial charge in [-0.05, 0) is 46.2 Å². The zero-order valence-electron chi connectivity index (χ0n) is 19.2. The highest BCUT2D eigenvalue weighted by Gasteiger charge is 2.32. The fourth-order valence-electron chi connectivity index (χ4n) is 4.17. The van der Waals surface area contributed by atoms with Crippen LogP contribution in [-0.4, -0.2) is 35.6 Å².